The van der Waals surface area contributed by atoms with Crippen LogP contribution >= 0.6 is 12.2 Å². The van der Waals surface area contributed by atoms with E-state index in [1.54, 1.807) is 0 Å². The lowest BCUT2D eigenvalue weighted by Crippen LogP contribution is -2.42. The van der Waals surface area contributed by atoms with E-state index in [0.29, 0.717) is 6.54 Å². The third kappa shape index (κ3) is 7.98. The highest BCUT2D eigenvalue weighted by atomic mass is 32.2. The van der Waals surface area contributed by atoms with Crippen molar-refractivity contribution in [2.45, 2.75) is 13.8 Å². The monoisotopic (exact) mass is 267 g/mol. The smallest absolute Gasteiger partial charge is 0.218 e. The van der Waals surface area contributed by atoms with Crippen LogP contribution in [-0.2, 0) is 10.0 Å². The van der Waals surface area contributed by atoms with Crippen LogP contribution in [0.1, 0.15) is 13.8 Å². The molecule has 0 aromatic heterocycles. The van der Waals surface area contributed by atoms with Gasteiger partial charge in [-0.1, -0.05) is 26.1 Å². The van der Waals surface area contributed by atoms with E-state index in [9.17, 15) is 8.42 Å². The molecule has 0 aliphatic heterocycles. The van der Waals surface area contributed by atoms with Crippen molar-refractivity contribution in [2.75, 3.05) is 32.9 Å². The maximum Gasteiger partial charge on any atom is 0.218 e. The van der Waals surface area contributed by atoms with Crippen LogP contribution in [0.4, 0.5) is 0 Å². The molecule has 16 heavy (non-hydrogen) atoms. The van der Waals surface area contributed by atoms with Crippen LogP contribution < -0.4 is 10.5 Å². The second kappa shape index (κ2) is 5.90. The fourth-order valence-electron chi connectivity index (χ4n) is 1.46. The molecule has 0 saturated heterocycles. The Labute approximate surface area is 103 Å². The van der Waals surface area contributed by atoms with Gasteiger partial charge in [-0.2, -0.15) is 0 Å². The second-order valence-corrected chi connectivity index (χ2v) is 7.28. The zero-order valence-corrected chi connectivity index (χ0v) is 11.9. The van der Waals surface area contributed by atoms with Gasteiger partial charge in [-0.25, -0.2) is 13.1 Å². The Hall–Kier alpha value is -0.240. The zero-order chi connectivity index (χ0) is 13.0. The number of thiocarbonyl (C=S) groups is 1. The van der Waals surface area contributed by atoms with E-state index in [4.69, 9.17) is 5.73 Å². The molecule has 0 amide bonds. The average Bonchev–Trinajstić information content (AvgIpc) is 1.96. The summed E-state index contributed by atoms with van der Waals surface area (Å²) in [4.78, 5) is 2.00. The van der Waals surface area contributed by atoms with Crippen LogP contribution in [0.25, 0.3) is 0 Å². The van der Waals surface area contributed by atoms with Gasteiger partial charge in [-0.05, 0) is 19.5 Å². The Kier molecular flexibility index (Phi) is 5.81. The molecule has 0 bridgehead atoms. The Balaban J connectivity index is 4.28. The summed E-state index contributed by atoms with van der Waals surface area (Å²) >= 11 is 4.57. The minimum absolute atomic E-state index is 0.0158. The standard InChI is InChI=1S/C9H21N3O2S2/c1-9(2,7-12(3)4)6-11-16(13,14)5-8(10)15/h11H,5-7H2,1-4H3,(H2,10,15). The summed E-state index contributed by atoms with van der Waals surface area (Å²) in [6, 6.07) is 0. The number of rotatable bonds is 7. The maximum absolute atomic E-state index is 11.5. The molecule has 0 aromatic rings. The van der Waals surface area contributed by atoms with Crippen LogP contribution in [-0.4, -0.2) is 51.2 Å². The summed E-state index contributed by atoms with van der Waals surface area (Å²) in [5, 5.41) is 0. The summed E-state index contributed by atoms with van der Waals surface area (Å²) in [7, 11) is 0.515. The molecule has 0 radical (unpaired) electrons. The molecule has 0 heterocycles. The van der Waals surface area contributed by atoms with Gasteiger partial charge in [0.25, 0.3) is 0 Å². The first-order valence-electron chi connectivity index (χ1n) is 4.94. The Morgan fingerprint density at radius 2 is 1.94 bits per heavy atom. The van der Waals surface area contributed by atoms with Crippen LogP contribution in [0.2, 0.25) is 0 Å². The van der Waals surface area contributed by atoms with Crippen molar-refractivity contribution in [2.24, 2.45) is 11.1 Å². The van der Waals surface area contributed by atoms with E-state index in [0.717, 1.165) is 6.54 Å². The third-order valence-corrected chi connectivity index (χ3v) is 3.45. The van der Waals surface area contributed by atoms with E-state index in [2.05, 4.69) is 16.9 Å². The normalized spacial score (nSPS) is 13.1. The molecule has 0 spiro atoms. The van der Waals surface area contributed by atoms with Crippen LogP contribution in [0.5, 0.6) is 0 Å². The molecule has 0 unspecified atom stereocenters. The van der Waals surface area contributed by atoms with E-state index in [1.807, 2.05) is 32.8 Å². The first kappa shape index (κ1) is 15.8. The molecule has 7 heteroatoms. The molecule has 0 saturated carbocycles. The molecular formula is C9H21N3O2S2. The van der Waals surface area contributed by atoms with Crippen molar-refractivity contribution >= 4 is 27.2 Å². The first-order valence-corrected chi connectivity index (χ1v) is 7.00. The Morgan fingerprint density at radius 1 is 1.44 bits per heavy atom. The largest absolute Gasteiger partial charge is 0.392 e. The summed E-state index contributed by atoms with van der Waals surface area (Å²) in [6.45, 7) is 5.16. The minimum Gasteiger partial charge on any atom is -0.392 e. The highest BCUT2D eigenvalue weighted by Gasteiger charge is 2.22. The van der Waals surface area contributed by atoms with Gasteiger partial charge in [0.05, 0.1) is 4.99 Å². The molecule has 0 aromatic carbocycles. The maximum atomic E-state index is 11.5. The predicted octanol–water partition coefficient (Wildman–Crippen LogP) is -0.220. The van der Waals surface area contributed by atoms with Crippen molar-refractivity contribution in [1.29, 1.82) is 0 Å². The molecule has 0 atom stereocenters. The Bertz CT molecular complexity index is 337. The van der Waals surface area contributed by atoms with Crippen molar-refractivity contribution in [3.8, 4) is 0 Å². The highest BCUT2D eigenvalue weighted by Crippen LogP contribution is 2.14. The van der Waals surface area contributed by atoms with Gasteiger partial charge in [0.1, 0.15) is 5.75 Å². The van der Waals surface area contributed by atoms with Crippen LogP contribution in [0.3, 0.4) is 0 Å². The number of sulfonamides is 1. The topological polar surface area (TPSA) is 75.4 Å². The van der Waals surface area contributed by atoms with Gasteiger partial charge in [0.15, 0.2) is 0 Å². The first-order chi connectivity index (χ1) is 7.04. The van der Waals surface area contributed by atoms with Crippen molar-refractivity contribution in [1.82, 2.24) is 9.62 Å². The van der Waals surface area contributed by atoms with Gasteiger partial charge in [-0.3, -0.25) is 0 Å². The predicted molar refractivity (Wildman–Crippen MR) is 70.9 cm³/mol. The lowest BCUT2D eigenvalue weighted by molar-refractivity contribution is 0.242. The van der Waals surface area contributed by atoms with Gasteiger partial charge >= 0.3 is 0 Å². The molecule has 0 aliphatic carbocycles. The summed E-state index contributed by atoms with van der Waals surface area (Å²) < 4.78 is 25.5. The lowest BCUT2D eigenvalue weighted by atomic mass is 9.93. The minimum atomic E-state index is -3.38. The summed E-state index contributed by atoms with van der Waals surface area (Å²) in [5.41, 5.74) is 5.07. The third-order valence-electron chi connectivity index (χ3n) is 1.85. The quantitative estimate of drug-likeness (QED) is 0.624. The number of nitrogens with zero attached hydrogens (tertiary/aromatic N) is 1. The van der Waals surface area contributed by atoms with E-state index >= 15 is 0 Å². The number of nitrogens with one attached hydrogen (secondary N) is 1. The molecule has 0 fully saturated rings. The van der Waals surface area contributed by atoms with E-state index in [-0.39, 0.29) is 16.2 Å². The van der Waals surface area contributed by atoms with Crippen LogP contribution in [0, 0.1) is 5.41 Å². The van der Waals surface area contributed by atoms with Crippen molar-refractivity contribution in [3.63, 3.8) is 0 Å². The fourth-order valence-corrected chi connectivity index (χ4v) is 3.01. The lowest BCUT2D eigenvalue weighted by Gasteiger charge is -2.28. The average molecular weight is 267 g/mol. The molecule has 96 valence electrons. The number of nitrogens with two attached hydrogens (primary N) is 1. The van der Waals surface area contributed by atoms with Gasteiger partial charge in [-0.15, -0.1) is 0 Å². The van der Waals surface area contributed by atoms with Crippen LogP contribution in [0.15, 0.2) is 0 Å². The number of hydrogen-bond acceptors (Lipinski definition) is 4. The number of hydrogen-bond donors (Lipinski definition) is 2. The molecule has 0 aliphatic rings. The SMILES string of the molecule is CN(C)CC(C)(C)CNS(=O)(=O)CC(N)=S. The zero-order valence-electron chi connectivity index (χ0n) is 10.3. The van der Waals surface area contributed by atoms with Gasteiger partial charge < -0.3 is 10.6 Å². The Morgan fingerprint density at radius 3 is 2.31 bits per heavy atom. The fraction of sp³-hybridized carbons (Fsp3) is 0.889. The van der Waals surface area contributed by atoms with Crippen molar-refractivity contribution in [3.05, 3.63) is 0 Å². The molecule has 3 N–H and O–H groups in total. The molecule has 5 nitrogen and oxygen atoms in total. The van der Waals surface area contributed by atoms with Gasteiger partial charge in [0.2, 0.25) is 10.0 Å². The second-order valence-electron chi connectivity index (χ2n) is 4.95. The van der Waals surface area contributed by atoms with E-state index < -0.39 is 10.0 Å². The summed E-state index contributed by atoms with van der Waals surface area (Å²) in [5.74, 6) is -0.291. The van der Waals surface area contributed by atoms with Gasteiger partial charge in [0, 0.05) is 13.1 Å². The molecular weight excluding hydrogens is 246 g/mol. The molecule has 0 rings (SSSR count). The highest BCUT2D eigenvalue weighted by molar-refractivity contribution is 7.92. The van der Waals surface area contributed by atoms with E-state index in [1.165, 1.54) is 0 Å². The summed E-state index contributed by atoms with van der Waals surface area (Å²) in [6.07, 6.45) is 0. The van der Waals surface area contributed by atoms with Crippen molar-refractivity contribution < 1.29 is 8.42 Å².